The summed E-state index contributed by atoms with van der Waals surface area (Å²) >= 11 is 0. The first-order valence-corrected chi connectivity index (χ1v) is 9.12. The SMILES string of the molecule is CCNC(=NCCCCCCCN(C)C)N1CCC(C)(C)C1.I. The summed E-state index contributed by atoms with van der Waals surface area (Å²) in [5.74, 6) is 1.13. The van der Waals surface area contributed by atoms with Crippen molar-refractivity contribution < 1.29 is 0 Å². The molecule has 1 saturated heterocycles. The molecular formula is C18H39IN4. The average Bonchev–Trinajstić information content (AvgIpc) is 2.80. The van der Waals surface area contributed by atoms with Gasteiger partial charge in [-0.3, -0.25) is 4.99 Å². The van der Waals surface area contributed by atoms with Crippen LogP contribution in [0.15, 0.2) is 4.99 Å². The van der Waals surface area contributed by atoms with E-state index >= 15 is 0 Å². The van der Waals surface area contributed by atoms with E-state index in [2.05, 4.69) is 50.0 Å². The molecule has 0 aromatic carbocycles. The van der Waals surface area contributed by atoms with Crippen molar-refractivity contribution in [2.45, 2.75) is 59.3 Å². The fourth-order valence-electron chi connectivity index (χ4n) is 2.97. The molecule has 1 aliphatic heterocycles. The lowest BCUT2D eigenvalue weighted by Gasteiger charge is -2.23. The number of nitrogens with zero attached hydrogens (tertiary/aromatic N) is 3. The summed E-state index contributed by atoms with van der Waals surface area (Å²) < 4.78 is 0. The molecule has 1 rings (SSSR count). The Morgan fingerprint density at radius 2 is 1.78 bits per heavy atom. The van der Waals surface area contributed by atoms with Gasteiger partial charge in [0, 0.05) is 26.2 Å². The monoisotopic (exact) mass is 438 g/mol. The lowest BCUT2D eigenvalue weighted by atomic mass is 9.93. The van der Waals surface area contributed by atoms with E-state index in [4.69, 9.17) is 4.99 Å². The molecule has 1 N–H and O–H groups in total. The van der Waals surface area contributed by atoms with Gasteiger partial charge in [-0.1, -0.05) is 33.1 Å². The predicted molar refractivity (Wildman–Crippen MR) is 113 cm³/mol. The van der Waals surface area contributed by atoms with Crippen molar-refractivity contribution in [3.63, 3.8) is 0 Å². The Hall–Kier alpha value is -0.0400. The normalized spacial score (nSPS) is 17.5. The summed E-state index contributed by atoms with van der Waals surface area (Å²) in [4.78, 5) is 9.53. The molecular weight excluding hydrogens is 399 g/mol. The van der Waals surface area contributed by atoms with Crippen molar-refractivity contribution in [3.8, 4) is 0 Å². The van der Waals surface area contributed by atoms with Crippen LogP contribution >= 0.6 is 24.0 Å². The van der Waals surface area contributed by atoms with Gasteiger partial charge in [0.1, 0.15) is 0 Å². The third-order valence-electron chi connectivity index (χ3n) is 4.34. The summed E-state index contributed by atoms with van der Waals surface area (Å²) in [6, 6.07) is 0. The number of halogens is 1. The highest BCUT2D eigenvalue weighted by molar-refractivity contribution is 14.0. The Labute approximate surface area is 161 Å². The highest BCUT2D eigenvalue weighted by atomic mass is 127. The molecule has 1 fully saturated rings. The molecule has 5 heteroatoms. The van der Waals surface area contributed by atoms with Gasteiger partial charge in [0.05, 0.1) is 0 Å². The molecule has 0 spiro atoms. The molecule has 0 atom stereocenters. The minimum atomic E-state index is 0. The second-order valence-corrected chi connectivity index (χ2v) is 7.64. The van der Waals surface area contributed by atoms with Gasteiger partial charge in [-0.2, -0.15) is 0 Å². The van der Waals surface area contributed by atoms with Gasteiger partial charge in [-0.15, -0.1) is 24.0 Å². The molecule has 0 unspecified atom stereocenters. The number of hydrogen-bond acceptors (Lipinski definition) is 2. The Kier molecular flexibility index (Phi) is 12.3. The lowest BCUT2D eigenvalue weighted by Crippen LogP contribution is -2.40. The number of rotatable bonds is 9. The zero-order valence-electron chi connectivity index (χ0n) is 16.0. The molecule has 0 aliphatic carbocycles. The van der Waals surface area contributed by atoms with Crippen LogP contribution in [0, 0.1) is 5.41 Å². The average molecular weight is 438 g/mol. The molecule has 0 radical (unpaired) electrons. The zero-order valence-corrected chi connectivity index (χ0v) is 18.4. The number of aliphatic imine (C=N–C) groups is 1. The van der Waals surface area contributed by atoms with Crippen LogP contribution in [0.1, 0.15) is 59.3 Å². The van der Waals surface area contributed by atoms with Crippen LogP contribution in [0.4, 0.5) is 0 Å². The molecule has 23 heavy (non-hydrogen) atoms. The first-order valence-electron chi connectivity index (χ1n) is 9.12. The van der Waals surface area contributed by atoms with Crippen LogP contribution in [0.2, 0.25) is 0 Å². The minimum Gasteiger partial charge on any atom is -0.357 e. The van der Waals surface area contributed by atoms with Crippen LogP contribution < -0.4 is 5.32 Å². The highest BCUT2D eigenvalue weighted by Crippen LogP contribution is 2.28. The fraction of sp³-hybridized carbons (Fsp3) is 0.944. The van der Waals surface area contributed by atoms with Crippen molar-refractivity contribution in [1.82, 2.24) is 15.1 Å². The summed E-state index contributed by atoms with van der Waals surface area (Å²) in [5, 5.41) is 3.46. The number of likely N-dealkylation sites (tertiary alicyclic amines) is 1. The Balaban J connectivity index is 0.00000484. The smallest absolute Gasteiger partial charge is 0.193 e. The number of hydrogen-bond donors (Lipinski definition) is 1. The van der Waals surface area contributed by atoms with Crippen molar-refractivity contribution in [1.29, 1.82) is 0 Å². The van der Waals surface area contributed by atoms with Crippen molar-refractivity contribution >= 4 is 29.9 Å². The first-order chi connectivity index (χ1) is 10.4. The fourth-order valence-corrected chi connectivity index (χ4v) is 2.97. The molecule has 0 bridgehead atoms. The van der Waals surface area contributed by atoms with Crippen molar-refractivity contribution in [2.24, 2.45) is 10.4 Å². The van der Waals surface area contributed by atoms with Crippen molar-refractivity contribution in [2.75, 3.05) is 46.8 Å². The van der Waals surface area contributed by atoms with E-state index in [1.54, 1.807) is 0 Å². The number of guanidine groups is 1. The Morgan fingerprint density at radius 3 is 2.35 bits per heavy atom. The standard InChI is InChI=1S/C18H38N4.HI/c1-6-19-17(22-15-12-18(2,3)16-22)20-13-10-8-7-9-11-14-21(4)5;/h6-16H2,1-5H3,(H,19,20);1H. The summed E-state index contributed by atoms with van der Waals surface area (Å²) in [7, 11) is 4.30. The zero-order chi connectivity index (χ0) is 16.4. The van der Waals surface area contributed by atoms with E-state index in [0.29, 0.717) is 5.41 Å². The van der Waals surface area contributed by atoms with Crippen LogP contribution in [0.3, 0.4) is 0 Å². The van der Waals surface area contributed by atoms with E-state index in [9.17, 15) is 0 Å². The molecule has 0 saturated carbocycles. The lowest BCUT2D eigenvalue weighted by molar-refractivity contribution is 0.370. The summed E-state index contributed by atoms with van der Waals surface area (Å²) in [5.41, 5.74) is 0.433. The van der Waals surface area contributed by atoms with Crippen LogP contribution in [-0.4, -0.2) is 62.6 Å². The van der Waals surface area contributed by atoms with Gasteiger partial charge in [0.15, 0.2) is 5.96 Å². The topological polar surface area (TPSA) is 30.9 Å². The van der Waals surface area contributed by atoms with Gasteiger partial charge < -0.3 is 15.1 Å². The predicted octanol–water partition coefficient (Wildman–Crippen LogP) is 3.81. The maximum absolute atomic E-state index is 4.83. The maximum atomic E-state index is 4.83. The molecule has 0 aromatic heterocycles. The van der Waals surface area contributed by atoms with E-state index < -0.39 is 0 Å². The maximum Gasteiger partial charge on any atom is 0.193 e. The summed E-state index contributed by atoms with van der Waals surface area (Å²) in [6.45, 7) is 12.3. The molecule has 0 aromatic rings. The van der Waals surface area contributed by atoms with Crippen LogP contribution in [0.25, 0.3) is 0 Å². The molecule has 138 valence electrons. The van der Waals surface area contributed by atoms with Crippen LogP contribution in [0.5, 0.6) is 0 Å². The van der Waals surface area contributed by atoms with E-state index in [1.165, 1.54) is 45.1 Å². The molecule has 0 amide bonds. The van der Waals surface area contributed by atoms with Gasteiger partial charge in [-0.05, 0) is 52.2 Å². The molecule has 1 heterocycles. The van der Waals surface area contributed by atoms with Crippen LogP contribution in [-0.2, 0) is 0 Å². The number of nitrogens with one attached hydrogen (secondary N) is 1. The van der Waals surface area contributed by atoms with E-state index in [1.807, 2.05) is 0 Å². The Morgan fingerprint density at radius 1 is 1.13 bits per heavy atom. The van der Waals surface area contributed by atoms with E-state index in [-0.39, 0.29) is 24.0 Å². The third-order valence-corrected chi connectivity index (χ3v) is 4.34. The molecule has 4 nitrogen and oxygen atoms in total. The second kappa shape index (κ2) is 12.3. The Bertz CT molecular complexity index is 329. The van der Waals surface area contributed by atoms with E-state index in [0.717, 1.165) is 32.1 Å². The molecule has 1 aliphatic rings. The quantitative estimate of drug-likeness (QED) is 0.257. The number of unbranched alkanes of at least 4 members (excludes halogenated alkanes) is 4. The van der Waals surface area contributed by atoms with Gasteiger partial charge >= 0.3 is 0 Å². The van der Waals surface area contributed by atoms with Gasteiger partial charge in [-0.25, -0.2) is 0 Å². The van der Waals surface area contributed by atoms with Gasteiger partial charge in [0.2, 0.25) is 0 Å². The van der Waals surface area contributed by atoms with Crippen molar-refractivity contribution in [3.05, 3.63) is 0 Å². The minimum absolute atomic E-state index is 0. The second-order valence-electron chi connectivity index (χ2n) is 7.64. The highest BCUT2D eigenvalue weighted by Gasteiger charge is 2.30. The largest absolute Gasteiger partial charge is 0.357 e. The summed E-state index contributed by atoms with van der Waals surface area (Å²) in [6.07, 6.45) is 7.81. The first kappa shape index (κ1) is 23.0. The third kappa shape index (κ3) is 10.4. The van der Waals surface area contributed by atoms with Gasteiger partial charge in [0.25, 0.3) is 0 Å².